The molecule has 0 saturated carbocycles. The summed E-state index contributed by atoms with van der Waals surface area (Å²) in [6.07, 6.45) is 0. The van der Waals surface area contributed by atoms with Crippen molar-refractivity contribution in [3.8, 4) is 0 Å². The molecule has 1 aromatic heterocycles. The first-order valence-corrected chi connectivity index (χ1v) is 6.44. The molecule has 0 aliphatic heterocycles. The molecule has 1 heterocycles. The van der Waals surface area contributed by atoms with Crippen molar-refractivity contribution in [3.63, 3.8) is 0 Å². The smallest absolute Gasteiger partial charge is 0.348 e. The summed E-state index contributed by atoms with van der Waals surface area (Å²) in [6.45, 7) is 8.60. The van der Waals surface area contributed by atoms with E-state index >= 15 is 0 Å². The molecule has 84 valence electrons. The van der Waals surface area contributed by atoms with Gasteiger partial charge < -0.3 is 4.74 Å². The van der Waals surface area contributed by atoms with Crippen molar-refractivity contribution in [2.75, 3.05) is 6.61 Å². The molecule has 0 spiro atoms. The lowest BCUT2D eigenvalue weighted by atomic mass is 9.95. The number of ether oxygens (including phenoxy) is 1. The van der Waals surface area contributed by atoms with Gasteiger partial charge in [0, 0.05) is 9.35 Å². The number of carbonyl (C=O) groups is 1. The van der Waals surface area contributed by atoms with E-state index in [1.165, 1.54) is 16.2 Å². The number of halogens is 1. The van der Waals surface area contributed by atoms with Crippen molar-refractivity contribution in [3.05, 3.63) is 20.3 Å². The van der Waals surface area contributed by atoms with Crippen LogP contribution >= 0.6 is 27.3 Å². The number of esters is 1. The Morgan fingerprint density at radius 2 is 2.13 bits per heavy atom. The molecule has 0 bridgehead atoms. The van der Waals surface area contributed by atoms with Crippen LogP contribution in [0.15, 0.2) is 10.5 Å². The Balaban J connectivity index is 3.01. The second kappa shape index (κ2) is 4.66. The van der Waals surface area contributed by atoms with Gasteiger partial charge in [-0.15, -0.1) is 11.3 Å². The molecule has 0 aliphatic rings. The molecule has 1 rings (SSSR count). The number of hydrogen-bond donors (Lipinski definition) is 0. The van der Waals surface area contributed by atoms with Crippen LogP contribution in [0.2, 0.25) is 0 Å². The second-order valence-electron chi connectivity index (χ2n) is 4.26. The average molecular weight is 291 g/mol. The summed E-state index contributed by atoms with van der Waals surface area (Å²) >= 11 is 4.97. The third kappa shape index (κ3) is 3.05. The lowest BCUT2D eigenvalue weighted by molar-refractivity contribution is 0.0532. The van der Waals surface area contributed by atoms with Gasteiger partial charge in [-0.2, -0.15) is 0 Å². The zero-order valence-corrected chi connectivity index (χ0v) is 11.8. The zero-order chi connectivity index (χ0) is 11.6. The predicted octanol–water partition coefficient (Wildman–Crippen LogP) is 3.98. The van der Waals surface area contributed by atoms with Gasteiger partial charge in [-0.25, -0.2) is 4.79 Å². The molecule has 0 fully saturated rings. The lowest BCUT2D eigenvalue weighted by Crippen LogP contribution is -2.09. The van der Waals surface area contributed by atoms with Gasteiger partial charge in [-0.1, -0.05) is 20.8 Å². The van der Waals surface area contributed by atoms with Crippen LogP contribution in [0.1, 0.15) is 42.2 Å². The van der Waals surface area contributed by atoms with Gasteiger partial charge in [0.1, 0.15) is 4.88 Å². The van der Waals surface area contributed by atoms with Gasteiger partial charge in [-0.3, -0.25) is 0 Å². The van der Waals surface area contributed by atoms with E-state index in [1.807, 2.05) is 13.0 Å². The Labute approximate surface area is 103 Å². The van der Waals surface area contributed by atoms with Gasteiger partial charge in [0.15, 0.2) is 0 Å². The Morgan fingerprint density at radius 1 is 1.53 bits per heavy atom. The highest BCUT2D eigenvalue weighted by Gasteiger charge is 2.22. The highest BCUT2D eigenvalue weighted by atomic mass is 79.9. The largest absolute Gasteiger partial charge is 0.462 e. The monoisotopic (exact) mass is 290 g/mol. The first-order chi connectivity index (χ1) is 6.86. The molecule has 4 heteroatoms. The highest BCUT2D eigenvalue weighted by Crippen LogP contribution is 2.37. The summed E-state index contributed by atoms with van der Waals surface area (Å²) in [5.74, 6) is -0.237. The van der Waals surface area contributed by atoms with Crippen molar-refractivity contribution in [1.82, 2.24) is 0 Å². The van der Waals surface area contributed by atoms with E-state index in [0.29, 0.717) is 11.5 Å². The van der Waals surface area contributed by atoms with E-state index in [1.54, 1.807) is 0 Å². The van der Waals surface area contributed by atoms with E-state index < -0.39 is 0 Å². The molecule has 2 nitrogen and oxygen atoms in total. The molecular formula is C11H15BrO2S. The number of carbonyl (C=O) groups excluding carboxylic acids is 1. The van der Waals surface area contributed by atoms with E-state index in [-0.39, 0.29) is 11.4 Å². The van der Waals surface area contributed by atoms with Crippen molar-refractivity contribution in [1.29, 1.82) is 0 Å². The van der Waals surface area contributed by atoms with Gasteiger partial charge in [-0.05, 0) is 34.3 Å². The minimum atomic E-state index is -0.237. The molecule has 0 unspecified atom stereocenters. The molecule has 15 heavy (non-hydrogen) atoms. The molecule has 1 aromatic rings. The van der Waals surface area contributed by atoms with Crippen LogP contribution < -0.4 is 0 Å². The maximum absolute atomic E-state index is 11.5. The van der Waals surface area contributed by atoms with Crippen LogP contribution in [-0.4, -0.2) is 12.6 Å². The minimum absolute atomic E-state index is 0.0498. The highest BCUT2D eigenvalue weighted by molar-refractivity contribution is 9.10. The lowest BCUT2D eigenvalue weighted by Gasteiger charge is -2.16. The molecule has 0 aliphatic carbocycles. The maximum atomic E-state index is 11.5. The van der Waals surface area contributed by atoms with Crippen LogP contribution in [-0.2, 0) is 10.2 Å². The van der Waals surface area contributed by atoms with Crippen molar-refractivity contribution in [2.24, 2.45) is 0 Å². The van der Waals surface area contributed by atoms with Crippen molar-refractivity contribution in [2.45, 2.75) is 33.1 Å². The maximum Gasteiger partial charge on any atom is 0.348 e. The Morgan fingerprint density at radius 3 is 2.53 bits per heavy atom. The third-order valence-corrected chi connectivity index (χ3v) is 4.27. The molecular weight excluding hydrogens is 276 g/mol. The Kier molecular flexibility index (Phi) is 3.95. The number of hydrogen-bond acceptors (Lipinski definition) is 3. The average Bonchev–Trinajstić information content (AvgIpc) is 2.47. The Hall–Kier alpha value is -0.350. The fraction of sp³-hybridized carbons (Fsp3) is 0.545. The zero-order valence-electron chi connectivity index (χ0n) is 9.39. The van der Waals surface area contributed by atoms with Crippen molar-refractivity contribution >= 4 is 33.2 Å². The van der Waals surface area contributed by atoms with Gasteiger partial charge >= 0.3 is 5.97 Å². The number of thiophene rings is 1. The molecule has 0 N–H and O–H groups in total. The minimum Gasteiger partial charge on any atom is -0.462 e. The SMILES string of the molecule is CCOC(=O)c1cc(Br)c(C(C)(C)C)s1. The van der Waals surface area contributed by atoms with E-state index in [0.717, 1.165) is 4.47 Å². The quantitative estimate of drug-likeness (QED) is 0.770. The first kappa shape index (κ1) is 12.7. The fourth-order valence-corrected chi connectivity index (χ4v) is 3.40. The summed E-state index contributed by atoms with van der Waals surface area (Å²) in [6, 6.07) is 1.84. The van der Waals surface area contributed by atoms with Crippen LogP contribution in [0.3, 0.4) is 0 Å². The second-order valence-corrected chi connectivity index (χ2v) is 6.16. The summed E-state index contributed by atoms with van der Waals surface area (Å²) in [4.78, 5) is 13.3. The number of rotatable bonds is 2. The van der Waals surface area contributed by atoms with Crippen molar-refractivity contribution < 1.29 is 9.53 Å². The molecule has 0 atom stereocenters. The van der Waals surface area contributed by atoms with Gasteiger partial charge in [0.25, 0.3) is 0 Å². The normalized spacial score (nSPS) is 11.5. The molecule has 0 amide bonds. The first-order valence-electron chi connectivity index (χ1n) is 4.83. The van der Waals surface area contributed by atoms with Crippen LogP contribution in [0.25, 0.3) is 0 Å². The molecule has 0 aromatic carbocycles. The van der Waals surface area contributed by atoms with Crippen LogP contribution in [0.4, 0.5) is 0 Å². The summed E-state index contributed by atoms with van der Waals surface area (Å²) < 4.78 is 5.95. The van der Waals surface area contributed by atoms with Crippen LogP contribution in [0.5, 0.6) is 0 Å². The van der Waals surface area contributed by atoms with E-state index in [2.05, 4.69) is 36.7 Å². The van der Waals surface area contributed by atoms with Gasteiger partial charge in [0.05, 0.1) is 6.61 Å². The predicted molar refractivity (Wildman–Crippen MR) is 66.7 cm³/mol. The topological polar surface area (TPSA) is 26.3 Å². The Bertz CT molecular complexity index is 363. The standard InChI is InChI=1S/C11H15BrO2S/c1-5-14-10(13)8-6-7(12)9(15-8)11(2,3)4/h6H,5H2,1-4H3. The third-order valence-electron chi connectivity index (χ3n) is 1.84. The van der Waals surface area contributed by atoms with Crippen LogP contribution in [0, 0.1) is 0 Å². The summed E-state index contributed by atoms with van der Waals surface area (Å²) in [5, 5.41) is 0. The van der Waals surface area contributed by atoms with E-state index in [9.17, 15) is 4.79 Å². The summed E-state index contributed by atoms with van der Waals surface area (Å²) in [5.41, 5.74) is 0.0498. The summed E-state index contributed by atoms with van der Waals surface area (Å²) in [7, 11) is 0. The van der Waals surface area contributed by atoms with Gasteiger partial charge in [0.2, 0.25) is 0 Å². The fourth-order valence-electron chi connectivity index (χ4n) is 1.18. The molecule has 0 radical (unpaired) electrons. The molecule has 0 saturated heterocycles. The van der Waals surface area contributed by atoms with E-state index in [4.69, 9.17) is 4.74 Å².